The van der Waals surface area contributed by atoms with Crippen molar-refractivity contribution in [1.82, 2.24) is 14.9 Å². The molecule has 18 heavy (non-hydrogen) atoms. The van der Waals surface area contributed by atoms with Gasteiger partial charge >= 0.3 is 0 Å². The van der Waals surface area contributed by atoms with Crippen LogP contribution in [0.3, 0.4) is 0 Å². The van der Waals surface area contributed by atoms with E-state index in [0.717, 1.165) is 25.1 Å². The summed E-state index contributed by atoms with van der Waals surface area (Å²) < 4.78 is 5.56. The first kappa shape index (κ1) is 11.4. The molecular formula is C12H16N4O2. The van der Waals surface area contributed by atoms with Gasteiger partial charge in [-0.2, -0.15) is 0 Å². The molecule has 0 bridgehead atoms. The molecule has 0 unspecified atom stereocenters. The molecule has 0 aromatic carbocycles. The Labute approximate surface area is 105 Å². The minimum Gasteiger partial charge on any atom is -0.376 e. The molecule has 2 aliphatic rings. The van der Waals surface area contributed by atoms with E-state index in [2.05, 4.69) is 15.3 Å². The molecule has 1 aromatic rings. The zero-order valence-electron chi connectivity index (χ0n) is 10.3. The maximum Gasteiger partial charge on any atom is 0.257 e. The molecule has 3 rings (SSSR count). The van der Waals surface area contributed by atoms with Crippen LogP contribution in [0, 0.1) is 0 Å². The van der Waals surface area contributed by atoms with Crippen molar-refractivity contribution in [3.8, 4) is 0 Å². The van der Waals surface area contributed by atoms with E-state index in [1.807, 2.05) is 0 Å². The number of aromatic nitrogens is 2. The van der Waals surface area contributed by atoms with Gasteiger partial charge in [-0.25, -0.2) is 9.97 Å². The van der Waals surface area contributed by atoms with Gasteiger partial charge in [0.1, 0.15) is 0 Å². The Morgan fingerprint density at radius 2 is 2.50 bits per heavy atom. The van der Waals surface area contributed by atoms with Crippen LogP contribution in [0.15, 0.2) is 6.20 Å². The monoisotopic (exact) mass is 248 g/mol. The van der Waals surface area contributed by atoms with Gasteiger partial charge in [0.15, 0.2) is 0 Å². The zero-order chi connectivity index (χ0) is 12.5. The molecule has 0 saturated carbocycles. The zero-order valence-corrected chi connectivity index (χ0v) is 10.3. The van der Waals surface area contributed by atoms with Crippen molar-refractivity contribution in [2.45, 2.75) is 25.5 Å². The molecule has 1 aromatic heterocycles. The Hall–Kier alpha value is -1.69. The number of nitrogens with zero attached hydrogens (tertiary/aromatic N) is 3. The van der Waals surface area contributed by atoms with Crippen LogP contribution in [0.2, 0.25) is 0 Å². The van der Waals surface area contributed by atoms with Crippen LogP contribution in [0.1, 0.15) is 28.9 Å². The van der Waals surface area contributed by atoms with E-state index in [9.17, 15) is 4.79 Å². The third kappa shape index (κ3) is 1.92. The Morgan fingerprint density at radius 1 is 1.61 bits per heavy atom. The highest BCUT2D eigenvalue weighted by molar-refractivity contribution is 5.97. The topological polar surface area (TPSA) is 67.3 Å². The van der Waals surface area contributed by atoms with Gasteiger partial charge in [-0.3, -0.25) is 4.79 Å². The third-order valence-electron chi connectivity index (χ3n) is 3.40. The molecule has 1 fully saturated rings. The van der Waals surface area contributed by atoms with E-state index in [-0.39, 0.29) is 12.0 Å². The molecule has 6 nitrogen and oxygen atoms in total. The Kier molecular flexibility index (Phi) is 2.87. The lowest BCUT2D eigenvalue weighted by Crippen LogP contribution is -2.32. The minimum atomic E-state index is 0.0168. The van der Waals surface area contributed by atoms with Crippen LogP contribution in [-0.4, -0.2) is 47.1 Å². The second-order valence-electron chi connectivity index (χ2n) is 4.62. The number of nitrogens with one attached hydrogen (secondary N) is 1. The lowest BCUT2D eigenvalue weighted by Gasteiger charge is -2.19. The Balaban J connectivity index is 1.75. The average Bonchev–Trinajstić information content (AvgIpc) is 2.99. The lowest BCUT2D eigenvalue weighted by molar-refractivity contribution is 0.0544. The number of carbonyl (C=O) groups excluding carboxylic acids is 1. The normalized spacial score (nSPS) is 22.4. The van der Waals surface area contributed by atoms with Crippen LogP contribution in [-0.2, 0) is 11.3 Å². The molecule has 1 N–H and O–H groups in total. The summed E-state index contributed by atoms with van der Waals surface area (Å²) in [6, 6.07) is 0. The Bertz CT molecular complexity index is 471. The molecule has 1 saturated heterocycles. The first-order valence-corrected chi connectivity index (χ1v) is 6.22. The van der Waals surface area contributed by atoms with Crippen molar-refractivity contribution < 1.29 is 9.53 Å². The molecular weight excluding hydrogens is 232 g/mol. The van der Waals surface area contributed by atoms with E-state index in [1.54, 1.807) is 18.1 Å². The predicted octanol–water partition coefficient (Wildman–Crippen LogP) is 0.653. The van der Waals surface area contributed by atoms with Crippen molar-refractivity contribution in [1.29, 1.82) is 0 Å². The van der Waals surface area contributed by atoms with Gasteiger partial charge in [-0.15, -0.1) is 0 Å². The summed E-state index contributed by atoms with van der Waals surface area (Å²) in [7, 11) is 1.77. The quantitative estimate of drug-likeness (QED) is 0.850. The highest BCUT2D eigenvalue weighted by Gasteiger charge is 2.31. The van der Waals surface area contributed by atoms with Crippen molar-refractivity contribution in [3.63, 3.8) is 0 Å². The van der Waals surface area contributed by atoms with E-state index in [0.29, 0.717) is 24.6 Å². The summed E-state index contributed by atoms with van der Waals surface area (Å²) in [4.78, 5) is 22.4. The smallest absolute Gasteiger partial charge is 0.257 e. The van der Waals surface area contributed by atoms with Gasteiger partial charge in [0.25, 0.3) is 5.91 Å². The van der Waals surface area contributed by atoms with Gasteiger partial charge in [-0.05, 0) is 12.8 Å². The largest absolute Gasteiger partial charge is 0.376 e. The number of ether oxygens (including phenoxy) is 1. The van der Waals surface area contributed by atoms with E-state index in [4.69, 9.17) is 4.74 Å². The molecule has 2 aliphatic heterocycles. The second kappa shape index (κ2) is 4.53. The lowest BCUT2D eigenvalue weighted by atomic mass is 10.2. The van der Waals surface area contributed by atoms with E-state index < -0.39 is 0 Å². The van der Waals surface area contributed by atoms with Gasteiger partial charge in [0.2, 0.25) is 5.95 Å². The van der Waals surface area contributed by atoms with Crippen molar-refractivity contribution in [2.75, 3.05) is 25.5 Å². The standard InChI is InChI=1S/C12H16N4O2/c1-13-12-14-5-9-10(15-12)7-16(11(9)17)6-8-3-2-4-18-8/h5,8H,2-4,6-7H2,1H3,(H,13,14,15)/t8-/m1/s1. The highest BCUT2D eigenvalue weighted by atomic mass is 16.5. The molecule has 1 amide bonds. The fourth-order valence-electron chi connectivity index (χ4n) is 2.44. The van der Waals surface area contributed by atoms with Crippen LogP contribution in [0.5, 0.6) is 0 Å². The van der Waals surface area contributed by atoms with Crippen LogP contribution in [0.25, 0.3) is 0 Å². The predicted molar refractivity (Wildman–Crippen MR) is 65.3 cm³/mol. The molecule has 0 aliphatic carbocycles. The number of amides is 1. The summed E-state index contributed by atoms with van der Waals surface area (Å²) in [6.45, 7) is 2.03. The molecule has 1 atom stereocenters. The van der Waals surface area contributed by atoms with Crippen molar-refractivity contribution >= 4 is 11.9 Å². The molecule has 96 valence electrons. The van der Waals surface area contributed by atoms with Crippen LogP contribution >= 0.6 is 0 Å². The first-order valence-electron chi connectivity index (χ1n) is 6.22. The SMILES string of the molecule is CNc1ncc2c(n1)CN(C[C@H]1CCCO1)C2=O. The van der Waals surface area contributed by atoms with Crippen LogP contribution in [0.4, 0.5) is 5.95 Å². The Morgan fingerprint density at radius 3 is 3.22 bits per heavy atom. The first-order chi connectivity index (χ1) is 8.78. The van der Waals surface area contributed by atoms with E-state index in [1.165, 1.54) is 0 Å². The molecule has 6 heteroatoms. The number of hydrogen-bond acceptors (Lipinski definition) is 5. The maximum atomic E-state index is 12.2. The number of hydrogen-bond donors (Lipinski definition) is 1. The number of carbonyl (C=O) groups is 1. The minimum absolute atomic E-state index is 0.0168. The molecule has 3 heterocycles. The summed E-state index contributed by atoms with van der Waals surface area (Å²) in [6.07, 6.45) is 3.91. The van der Waals surface area contributed by atoms with Gasteiger partial charge in [0.05, 0.1) is 23.9 Å². The summed E-state index contributed by atoms with van der Waals surface area (Å²) in [5.74, 6) is 0.573. The number of fused-ring (bicyclic) bond motifs is 1. The molecule has 0 radical (unpaired) electrons. The molecule has 0 spiro atoms. The highest BCUT2D eigenvalue weighted by Crippen LogP contribution is 2.23. The fraction of sp³-hybridized carbons (Fsp3) is 0.583. The van der Waals surface area contributed by atoms with Crippen LogP contribution < -0.4 is 5.32 Å². The van der Waals surface area contributed by atoms with Gasteiger partial charge in [-0.1, -0.05) is 0 Å². The average molecular weight is 248 g/mol. The summed E-state index contributed by atoms with van der Waals surface area (Å²) >= 11 is 0. The van der Waals surface area contributed by atoms with Gasteiger partial charge in [0, 0.05) is 26.4 Å². The number of anilines is 1. The maximum absolute atomic E-state index is 12.2. The van der Waals surface area contributed by atoms with E-state index >= 15 is 0 Å². The summed E-state index contributed by atoms with van der Waals surface area (Å²) in [5.41, 5.74) is 1.42. The second-order valence-corrected chi connectivity index (χ2v) is 4.62. The fourth-order valence-corrected chi connectivity index (χ4v) is 2.44. The van der Waals surface area contributed by atoms with Crippen molar-refractivity contribution in [2.24, 2.45) is 0 Å². The third-order valence-corrected chi connectivity index (χ3v) is 3.40. The summed E-state index contributed by atoms with van der Waals surface area (Å²) in [5, 5.41) is 2.88. The number of rotatable bonds is 3. The van der Waals surface area contributed by atoms with Gasteiger partial charge < -0.3 is 15.0 Å². The van der Waals surface area contributed by atoms with Crippen molar-refractivity contribution in [3.05, 3.63) is 17.5 Å².